The molecule has 0 spiro atoms. The molecule has 1 heterocycles. The van der Waals surface area contributed by atoms with Crippen LogP contribution >= 0.6 is 11.8 Å². The zero-order valence-electron chi connectivity index (χ0n) is 20.3. The number of esters is 1. The second-order valence-corrected chi connectivity index (χ2v) is 9.58. The Kier molecular flexibility index (Phi) is 7.95. The number of carbonyl (C=O) groups is 3. The van der Waals surface area contributed by atoms with Gasteiger partial charge in [-0.3, -0.25) is 19.7 Å². The van der Waals surface area contributed by atoms with Crippen LogP contribution in [0.25, 0.3) is 11.1 Å². The lowest BCUT2D eigenvalue weighted by Crippen LogP contribution is -2.25. The van der Waals surface area contributed by atoms with Gasteiger partial charge in [-0.05, 0) is 52.8 Å². The van der Waals surface area contributed by atoms with E-state index in [4.69, 9.17) is 14.2 Å². The van der Waals surface area contributed by atoms with Crippen molar-refractivity contribution < 1.29 is 28.6 Å². The number of nitrogens with one attached hydrogen (secondary N) is 1. The van der Waals surface area contributed by atoms with Gasteiger partial charge in [0.05, 0.1) is 32.5 Å². The summed E-state index contributed by atoms with van der Waals surface area (Å²) in [5.74, 6) is 0.274. The smallest absolute Gasteiger partial charge is 0.313 e. The van der Waals surface area contributed by atoms with E-state index < -0.39 is 5.92 Å². The molecule has 3 aromatic carbocycles. The Morgan fingerprint density at radius 2 is 1.44 bits per heavy atom. The summed E-state index contributed by atoms with van der Waals surface area (Å²) in [4.78, 5) is 35.9. The maximum absolute atomic E-state index is 12.7. The van der Waals surface area contributed by atoms with Crippen LogP contribution in [0.5, 0.6) is 11.5 Å². The Hall–Kier alpha value is -3.78. The summed E-state index contributed by atoms with van der Waals surface area (Å²) in [7, 11) is 4.57. The van der Waals surface area contributed by atoms with Crippen molar-refractivity contribution >= 4 is 28.9 Å². The van der Waals surface area contributed by atoms with Gasteiger partial charge < -0.3 is 14.2 Å². The molecule has 1 aliphatic rings. The van der Waals surface area contributed by atoms with E-state index in [2.05, 4.69) is 5.32 Å². The fourth-order valence-corrected chi connectivity index (χ4v) is 5.04. The number of rotatable bonds is 9. The predicted octanol–water partition coefficient (Wildman–Crippen LogP) is 4.76. The minimum atomic E-state index is -0.485. The van der Waals surface area contributed by atoms with Crippen LogP contribution in [-0.2, 0) is 27.2 Å². The Morgan fingerprint density at radius 1 is 0.861 bits per heavy atom. The molecule has 2 atom stereocenters. The Morgan fingerprint density at radius 3 is 1.94 bits per heavy atom. The van der Waals surface area contributed by atoms with Gasteiger partial charge in [-0.1, -0.05) is 60.3 Å². The fourth-order valence-electron chi connectivity index (χ4n) is 4.18. The van der Waals surface area contributed by atoms with Crippen molar-refractivity contribution in [2.75, 3.05) is 21.3 Å². The minimum absolute atomic E-state index is 0.239. The number of benzene rings is 3. The number of methoxy groups -OCH3 is 3. The van der Waals surface area contributed by atoms with Crippen molar-refractivity contribution in [1.82, 2.24) is 5.32 Å². The van der Waals surface area contributed by atoms with Gasteiger partial charge in [0, 0.05) is 6.07 Å². The number of imide groups is 1. The molecular weight excluding hydrogens is 478 g/mol. The third-order valence-electron chi connectivity index (χ3n) is 6.13. The molecule has 0 bridgehead atoms. The van der Waals surface area contributed by atoms with Gasteiger partial charge in [0.2, 0.25) is 5.91 Å². The molecule has 3 aromatic rings. The number of carbonyl (C=O) groups excluding carboxylic acids is 3. The summed E-state index contributed by atoms with van der Waals surface area (Å²) in [5.41, 5.74) is 4.74. The highest BCUT2D eigenvalue weighted by atomic mass is 32.2. The van der Waals surface area contributed by atoms with E-state index in [0.29, 0.717) is 24.3 Å². The first kappa shape index (κ1) is 25.3. The molecule has 0 aliphatic carbocycles. The summed E-state index contributed by atoms with van der Waals surface area (Å²) in [5, 5.41) is 1.64. The molecule has 8 heteroatoms. The van der Waals surface area contributed by atoms with Crippen LogP contribution in [0.2, 0.25) is 0 Å². The Balaban J connectivity index is 1.50. The summed E-state index contributed by atoms with van der Waals surface area (Å²) >= 11 is 1.03. The number of hydrogen-bond donors (Lipinski definition) is 1. The van der Waals surface area contributed by atoms with Gasteiger partial charge in [0.1, 0.15) is 11.5 Å². The average molecular weight is 506 g/mol. The topological polar surface area (TPSA) is 90.9 Å². The van der Waals surface area contributed by atoms with Crippen molar-refractivity contribution in [3.8, 4) is 22.6 Å². The van der Waals surface area contributed by atoms with Gasteiger partial charge in [-0.2, -0.15) is 0 Å². The van der Waals surface area contributed by atoms with Crippen LogP contribution in [-0.4, -0.2) is 43.7 Å². The lowest BCUT2D eigenvalue weighted by Gasteiger charge is -2.17. The van der Waals surface area contributed by atoms with E-state index in [1.54, 1.807) is 20.3 Å². The highest BCUT2D eigenvalue weighted by Gasteiger charge is 2.31. The van der Waals surface area contributed by atoms with E-state index in [0.717, 1.165) is 39.6 Å². The molecule has 0 radical (unpaired) electrons. The lowest BCUT2D eigenvalue weighted by atomic mass is 9.90. The number of amides is 2. The Bertz CT molecular complexity index is 1230. The van der Waals surface area contributed by atoms with Crippen LogP contribution in [0.3, 0.4) is 0 Å². The van der Waals surface area contributed by atoms with E-state index in [1.165, 1.54) is 7.11 Å². The molecule has 1 N–H and O–H groups in total. The number of hydrogen-bond acceptors (Lipinski definition) is 7. The minimum Gasteiger partial charge on any atom is -0.497 e. The van der Waals surface area contributed by atoms with Crippen molar-refractivity contribution in [1.29, 1.82) is 0 Å². The van der Waals surface area contributed by atoms with Gasteiger partial charge in [-0.15, -0.1) is 0 Å². The summed E-state index contributed by atoms with van der Waals surface area (Å²) < 4.78 is 15.8. The predicted molar refractivity (Wildman–Crippen MR) is 139 cm³/mol. The van der Waals surface area contributed by atoms with E-state index in [9.17, 15) is 14.4 Å². The summed E-state index contributed by atoms with van der Waals surface area (Å²) in [6, 6.07) is 21.3. The molecule has 2 amide bonds. The zero-order chi connectivity index (χ0) is 25.7. The first-order chi connectivity index (χ1) is 17.4. The van der Waals surface area contributed by atoms with Crippen molar-refractivity contribution in [2.24, 2.45) is 0 Å². The first-order valence-electron chi connectivity index (χ1n) is 11.4. The number of ether oxygens (including phenoxy) is 3. The van der Waals surface area contributed by atoms with Crippen molar-refractivity contribution in [2.45, 2.75) is 24.0 Å². The zero-order valence-corrected chi connectivity index (χ0v) is 21.1. The van der Waals surface area contributed by atoms with E-state index in [1.807, 2.05) is 60.7 Å². The van der Waals surface area contributed by atoms with Crippen molar-refractivity contribution in [3.05, 3.63) is 83.4 Å². The molecule has 1 fully saturated rings. The first-order valence-corrected chi connectivity index (χ1v) is 12.3. The number of thioether (sulfide) groups is 1. The van der Waals surface area contributed by atoms with Crippen LogP contribution in [0.15, 0.2) is 66.7 Å². The van der Waals surface area contributed by atoms with E-state index >= 15 is 0 Å². The molecular formula is C28H27NO6S. The van der Waals surface area contributed by atoms with Crippen LogP contribution in [0.4, 0.5) is 4.79 Å². The quantitative estimate of drug-likeness (QED) is 0.419. The Labute approximate surface area is 214 Å². The molecule has 2 unspecified atom stereocenters. The van der Waals surface area contributed by atoms with Gasteiger partial charge in [0.25, 0.3) is 5.24 Å². The second-order valence-electron chi connectivity index (χ2n) is 8.41. The van der Waals surface area contributed by atoms with E-state index in [-0.39, 0.29) is 22.4 Å². The fraction of sp³-hybridized carbons (Fsp3) is 0.250. The molecule has 1 aliphatic heterocycles. The summed E-state index contributed by atoms with van der Waals surface area (Å²) in [6.07, 6.45) is 0.931. The maximum atomic E-state index is 12.7. The molecule has 1 saturated heterocycles. The van der Waals surface area contributed by atoms with Gasteiger partial charge in [0.15, 0.2) is 0 Å². The molecule has 36 heavy (non-hydrogen) atoms. The maximum Gasteiger partial charge on any atom is 0.313 e. The third kappa shape index (κ3) is 5.88. The van der Waals surface area contributed by atoms with Gasteiger partial charge >= 0.3 is 5.97 Å². The molecule has 0 aromatic heterocycles. The van der Waals surface area contributed by atoms with Crippen molar-refractivity contribution in [3.63, 3.8) is 0 Å². The SMILES string of the molecule is COC(=O)C(Cc1cc(OC)cc(OC)c1)c1ccc(-c2ccc(CC3SC(=O)NC3=O)cc2)cc1. The third-order valence-corrected chi connectivity index (χ3v) is 7.11. The normalized spacial score (nSPS) is 15.8. The second kappa shape index (κ2) is 11.3. The van der Waals surface area contributed by atoms with Crippen LogP contribution in [0.1, 0.15) is 22.6 Å². The monoisotopic (exact) mass is 505 g/mol. The highest BCUT2D eigenvalue weighted by Crippen LogP contribution is 2.30. The average Bonchev–Trinajstić information content (AvgIpc) is 3.23. The largest absolute Gasteiger partial charge is 0.497 e. The van der Waals surface area contributed by atoms with Crippen LogP contribution < -0.4 is 14.8 Å². The lowest BCUT2D eigenvalue weighted by molar-refractivity contribution is -0.142. The van der Waals surface area contributed by atoms with Crippen LogP contribution in [0, 0.1) is 0 Å². The highest BCUT2D eigenvalue weighted by molar-refractivity contribution is 8.15. The molecule has 0 saturated carbocycles. The standard InChI is InChI=1S/C28H27NO6S/c1-33-22-12-18(13-23(16-22)34-2)14-24(27(31)35-3)21-10-8-20(9-11-21)19-6-4-17(5-7-19)15-25-26(30)29-28(32)36-25/h4-13,16,24-25H,14-15H2,1-3H3,(H,29,30,32). The summed E-state index contributed by atoms with van der Waals surface area (Å²) in [6.45, 7) is 0. The molecule has 7 nitrogen and oxygen atoms in total. The molecule has 186 valence electrons. The van der Waals surface area contributed by atoms with Gasteiger partial charge in [-0.25, -0.2) is 0 Å². The molecule has 4 rings (SSSR count).